The first-order valence-electron chi connectivity index (χ1n) is 10.6. The van der Waals surface area contributed by atoms with Gasteiger partial charge in [-0.3, -0.25) is 9.59 Å². The number of aryl methyl sites for hydroxylation is 2. The van der Waals surface area contributed by atoms with Crippen LogP contribution in [0, 0.1) is 19.7 Å². The number of amides is 2. The van der Waals surface area contributed by atoms with Crippen LogP contribution in [0.1, 0.15) is 50.8 Å². The molecule has 6 heteroatoms. The van der Waals surface area contributed by atoms with Gasteiger partial charge in [0.05, 0.1) is 0 Å². The van der Waals surface area contributed by atoms with Crippen molar-refractivity contribution >= 4 is 11.8 Å². The summed E-state index contributed by atoms with van der Waals surface area (Å²) in [7, 11) is 0. The summed E-state index contributed by atoms with van der Waals surface area (Å²) in [6.07, 6.45) is 0.443. The van der Waals surface area contributed by atoms with Gasteiger partial charge in [0, 0.05) is 12.1 Å². The SMILES string of the molecule is CC[C@@H](C(=O)NC(C)(C)C)N(Cc1ccc(F)cc1)C(=O)COc1cc(C)cc(C)c1. The van der Waals surface area contributed by atoms with Gasteiger partial charge in [0.2, 0.25) is 5.91 Å². The molecule has 0 spiro atoms. The Kier molecular flexibility index (Phi) is 8.20. The number of rotatable bonds is 8. The van der Waals surface area contributed by atoms with Crippen molar-refractivity contribution in [3.63, 3.8) is 0 Å². The molecule has 2 aromatic carbocycles. The van der Waals surface area contributed by atoms with E-state index in [0.717, 1.165) is 16.7 Å². The third kappa shape index (κ3) is 7.70. The Bertz CT molecular complexity index is 884. The lowest BCUT2D eigenvalue weighted by molar-refractivity contribution is -0.143. The van der Waals surface area contributed by atoms with E-state index < -0.39 is 11.6 Å². The van der Waals surface area contributed by atoms with Gasteiger partial charge in [-0.05, 0) is 82.0 Å². The first-order chi connectivity index (χ1) is 14.5. The summed E-state index contributed by atoms with van der Waals surface area (Å²) in [5.74, 6) is -0.270. The maximum Gasteiger partial charge on any atom is 0.261 e. The van der Waals surface area contributed by atoms with E-state index in [0.29, 0.717) is 12.2 Å². The predicted octanol–water partition coefficient (Wildman–Crippen LogP) is 4.54. The molecule has 2 amide bonds. The molecule has 0 aliphatic heterocycles. The van der Waals surface area contributed by atoms with Crippen molar-refractivity contribution in [2.75, 3.05) is 6.61 Å². The molecule has 0 heterocycles. The molecule has 5 nitrogen and oxygen atoms in total. The molecule has 168 valence electrons. The molecule has 0 saturated carbocycles. The number of nitrogens with zero attached hydrogens (tertiary/aromatic N) is 1. The second-order valence-corrected chi connectivity index (χ2v) is 8.92. The Morgan fingerprint density at radius 2 is 1.65 bits per heavy atom. The van der Waals surface area contributed by atoms with Crippen molar-refractivity contribution in [2.24, 2.45) is 0 Å². The van der Waals surface area contributed by atoms with Gasteiger partial charge in [-0.15, -0.1) is 0 Å². The number of ether oxygens (including phenoxy) is 1. The van der Waals surface area contributed by atoms with Crippen LogP contribution < -0.4 is 10.1 Å². The highest BCUT2D eigenvalue weighted by Crippen LogP contribution is 2.18. The topological polar surface area (TPSA) is 58.6 Å². The minimum absolute atomic E-state index is 0.186. The average Bonchev–Trinajstić information content (AvgIpc) is 2.65. The van der Waals surface area contributed by atoms with Gasteiger partial charge in [0.1, 0.15) is 17.6 Å². The third-order valence-electron chi connectivity index (χ3n) is 4.71. The van der Waals surface area contributed by atoms with E-state index in [4.69, 9.17) is 4.74 Å². The number of hydrogen-bond donors (Lipinski definition) is 1. The minimum Gasteiger partial charge on any atom is -0.484 e. The largest absolute Gasteiger partial charge is 0.484 e. The number of carbonyl (C=O) groups is 2. The summed E-state index contributed by atoms with van der Waals surface area (Å²) in [5.41, 5.74) is 2.40. The zero-order chi connectivity index (χ0) is 23.2. The Morgan fingerprint density at radius 3 is 2.16 bits per heavy atom. The van der Waals surface area contributed by atoms with E-state index in [1.807, 2.05) is 59.7 Å². The predicted molar refractivity (Wildman–Crippen MR) is 120 cm³/mol. The van der Waals surface area contributed by atoms with Crippen molar-refractivity contribution in [3.8, 4) is 5.75 Å². The monoisotopic (exact) mass is 428 g/mol. The molecule has 1 atom stereocenters. The molecule has 2 aromatic rings. The van der Waals surface area contributed by atoms with Gasteiger partial charge in [0.25, 0.3) is 5.91 Å². The quantitative estimate of drug-likeness (QED) is 0.671. The van der Waals surface area contributed by atoms with E-state index in [1.165, 1.54) is 17.0 Å². The number of benzene rings is 2. The zero-order valence-corrected chi connectivity index (χ0v) is 19.3. The second kappa shape index (κ2) is 10.4. The summed E-state index contributed by atoms with van der Waals surface area (Å²) in [4.78, 5) is 27.6. The first-order valence-corrected chi connectivity index (χ1v) is 10.6. The average molecular weight is 429 g/mol. The van der Waals surface area contributed by atoms with Crippen molar-refractivity contribution < 1.29 is 18.7 Å². The van der Waals surface area contributed by atoms with Gasteiger partial charge in [-0.1, -0.05) is 25.1 Å². The second-order valence-electron chi connectivity index (χ2n) is 8.92. The molecule has 0 aliphatic carbocycles. The molecule has 2 rings (SSSR count). The van der Waals surface area contributed by atoms with Gasteiger partial charge < -0.3 is 15.0 Å². The number of carbonyl (C=O) groups excluding carboxylic acids is 2. The van der Waals surface area contributed by atoms with E-state index in [9.17, 15) is 14.0 Å². The van der Waals surface area contributed by atoms with Crippen molar-refractivity contribution in [3.05, 3.63) is 65.0 Å². The number of hydrogen-bond acceptors (Lipinski definition) is 3. The fourth-order valence-electron chi connectivity index (χ4n) is 3.40. The highest BCUT2D eigenvalue weighted by molar-refractivity contribution is 5.88. The molecular weight excluding hydrogens is 395 g/mol. The minimum atomic E-state index is -0.667. The maximum atomic E-state index is 13.3. The van der Waals surface area contributed by atoms with Crippen LogP contribution in [0.4, 0.5) is 4.39 Å². The third-order valence-corrected chi connectivity index (χ3v) is 4.71. The van der Waals surface area contributed by atoms with Crippen molar-refractivity contribution in [1.29, 1.82) is 0 Å². The van der Waals surface area contributed by atoms with Crippen LogP contribution in [-0.4, -0.2) is 34.9 Å². The van der Waals surface area contributed by atoms with E-state index in [1.54, 1.807) is 12.1 Å². The van der Waals surface area contributed by atoms with E-state index in [2.05, 4.69) is 5.32 Å². The molecule has 0 radical (unpaired) electrons. The molecule has 0 saturated heterocycles. The number of halogens is 1. The first kappa shape index (κ1) is 24.4. The summed E-state index contributed by atoms with van der Waals surface area (Å²) < 4.78 is 19.1. The van der Waals surface area contributed by atoms with Gasteiger partial charge in [0.15, 0.2) is 6.61 Å². The Hall–Kier alpha value is -2.89. The number of nitrogens with one attached hydrogen (secondary N) is 1. The zero-order valence-electron chi connectivity index (χ0n) is 19.3. The summed E-state index contributed by atoms with van der Waals surface area (Å²) >= 11 is 0. The van der Waals surface area contributed by atoms with E-state index >= 15 is 0 Å². The summed E-state index contributed by atoms with van der Waals surface area (Å²) in [6, 6.07) is 11.0. The van der Waals surface area contributed by atoms with Crippen LogP contribution in [0.3, 0.4) is 0 Å². The molecule has 0 fully saturated rings. The van der Waals surface area contributed by atoms with Crippen LogP contribution in [0.2, 0.25) is 0 Å². The van der Waals surface area contributed by atoms with Gasteiger partial charge in [-0.25, -0.2) is 4.39 Å². The highest BCUT2D eigenvalue weighted by atomic mass is 19.1. The lowest BCUT2D eigenvalue weighted by atomic mass is 10.1. The summed E-state index contributed by atoms with van der Waals surface area (Å²) in [6.45, 7) is 11.5. The van der Waals surface area contributed by atoms with E-state index in [-0.39, 0.29) is 30.8 Å². The lowest BCUT2D eigenvalue weighted by Gasteiger charge is -2.33. The molecule has 1 N–H and O–H groups in total. The summed E-state index contributed by atoms with van der Waals surface area (Å²) in [5, 5.41) is 2.96. The van der Waals surface area contributed by atoms with Crippen LogP contribution in [0.25, 0.3) is 0 Å². The maximum absolute atomic E-state index is 13.3. The van der Waals surface area contributed by atoms with Crippen molar-refractivity contribution in [1.82, 2.24) is 10.2 Å². The Labute approximate surface area is 184 Å². The normalized spacial score (nSPS) is 12.2. The van der Waals surface area contributed by atoms with Gasteiger partial charge >= 0.3 is 0 Å². The van der Waals surface area contributed by atoms with Crippen molar-refractivity contribution in [2.45, 2.75) is 66.1 Å². The molecular formula is C25H33FN2O3. The highest BCUT2D eigenvalue weighted by Gasteiger charge is 2.30. The smallest absolute Gasteiger partial charge is 0.261 e. The molecule has 0 aromatic heterocycles. The molecule has 0 unspecified atom stereocenters. The molecule has 31 heavy (non-hydrogen) atoms. The van der Waals surface area contributed by atoms with Crippen LogP contribution in [-0.2, 0) is 16.1 Å². The van der Waals surface area contributed by atoms with Gasteiger partial charge in [-0.2, -0.15) is 0 Å². The van der Waals surface area contributed by atoms with Crippen LogP contribution in [0.15, 0.2) is 42.5 Å². The van der Waals surface area contributed by atoms with Crippen LogP contribution >= 0.6 is 0 Å². The Balaban J connectivity index is 2.24. The van der Waals surface area contributed by atoms with Crippen LogP contribution in [0.5, 0.6) is 5.75 Å². The molecule has 0 bridgehead atoms. The fraction of sp³-hybridized carbons (Fsp3) is 0.440. The fourth-order valence-corrected chi connectivity index (χ4v) is 3.40. The Morgan fingerprint density at radius 1 is 1.06 bits per heavy atom. The molecule has 0 aliphatic rings. The lowest BCUT2D eigenvalue weighted by Crippen LogP contribution is -2.54. The standard InChI is InChI=1S/C25H33FN2O3/c1-7-22(24(30)27-25(4,5)6)28(15-19-8-10-20(26)11-9-19)23(29)16-31-21-13-17(2)12-18(3)14-21/h8-14,22H,7,15-16H2,1-6H3,(H,27,30)/t22-/m0/s1.